The third-order valence-electron chi connectivity index (χ3n) is 3.20. The highest BCUT2D eigenvalue weighted by Crippen LogP contribution is 2.32. The fourth-order valence-corrected chi connectivity index (χ4v) is 2.89. The molecule has 1 aromatic carbocycles. The topological polar surface area (TPSA) is 58.6 Å². The lowest BCUT2D eigenvalue weighted by Crippen LogP contribution is -2.31. The van der Waals surface area contributed by atoms with E-state index in [1.807, 2.05) is 5.38 Å². The van der Waals surface area contributed by atoms with Crippen LogP contribution < -0.4 is 5.32 Å². The van der Waals surface area contributed by atoms with Crippen LogP contribution in [0.25, 0.3) is 0 Å². The van der Waals surface area contributed by atoms with Crippen LogP contribution in [-0.4, -0.2) is 30.8 Å². The van der Waals surface area contributed by atoms with E-state index >= 15 is 0 Å². The third-order valence-corrected chi connectivity index (χ3v) is 4.16. The van der Waals surface area contributed by atoms with Crippen molar-refractivity contribution in [1.29, 1.82) is 0 Å². The average Bonchev–Trinajstić information content (AvgIpc) is 3.08. The number of benzene rings is 1. The van der Waals surface area contributed by atoms with Gasteiger partial charge in [0, 0.05) is 11.4 Å². The molecule has 24 heavy (non-hydrogen) atoms. The Balaban J connectivity index is 2.09. The number of carbonyl (C=O) groups is 1. The fraction of sp³-hybridized carbons (Fsp3) is 0.312. The maximum Gasteiger partial charge on any atom is 0.417 e. The van der Waals surface area contributed by atoms with E-state index in [1.165, 1.54) is 23.5 Å². The van der Waals surface area contributed by atoms with Crippen molar-refractivity contribution in [3.05, 3.63) is 57.8 Å². The van der Waals surface area contributed by atoms with Gasteiger partial charge in [-0.1, -0.05) is 18.2 Å². The molecule has 0 aliphatic rings. The summed E-state index contributed by atoms with van der Waals surface area (Å²) in [5.41, 5.74) is -1.41. The van der Waals surface area contributed by atoms with Gasteiger partial charge in [-0.2, -0.15) is 13.2 Å². The first kappa shape index (κ1) is 18.4. The number of alkyl halides is 3. The highest BCUT2D eigenvalue weighted by Gasteiger charge is 2.34. The van der Waals surface area contributed by atoms with Crippen molar-refractivity contribution >= 4 is 17.2 Å². The Morgan fingerprint density at radius 3 is 2.62 bits per heavy atom. The summed E-state index contributed by atoms with van der Waals surface area (Å²) in [6.07, 6.45) is -5.13. The molecule has 8 heteroatoms. The number of aliphatic hydroxyl groups is 1. The number of amides is 1. The maximum atomic E-state index is 13.0. The molecule has 0 saturated carbocycles. The number of carbonyl (C=O) groups excluding carboxylic acids is 1. The van der Waals surface area contributed by atoms with E-state index in [1.54, 1.807) is 12.1 Å². The summed E-state index contributed by atoms with van der Waals surface area (Å²) in [5, 5.41) is 13.2. The molecule has 0 aliphatic heterocycles. The van der Waals surface area contributed by atoms with Gasteiger partial charge in [-0.05, 0) is 23.6 Å². The fourth-order valence-electron chi connectivity index (χ4n) is 2.12. The van der Waals surface area contributed by atoms with Crippen molar-refractivity contribution in [1.82, 2.24) is 5.32 Å². The molecule has 2 rings (SSSR count). The van der Waals surface area contributed by atoms with Crippen molar-refractivity contribution in [3.63, 3.8) is 0 Å². The molecule has 1 amide bonds. The Labute approximate surface area is 140 Å². The smallest absolute Gasteiger partial charge is 0.394 e. The number of nitrogens with one attached hydrogen (secondary N) is 1. The number of ether oxygens (including phenoxy) is 1. The largest absolute Gasteiger partial charge is 0.417 e. The SMILES string of the molecule is O=C(NCC(OCCO)c1cccs1)c1ccccc1C(F)(F)F. The molecule has 2 N–H and O–H groups in total. The lowest BCUT2D eigenvalue weighted by atomic mass is 10.1. The van der Waals surface area contributed by atoms with E-state index in [4.69, 9.17) is 9.84 Å². The highest BCUT2D eigenvalue weighted by atomic mass is 32.1. The number of halogens is 3. The maximum absolute atomic E-state index is 13.0. The predicted molar refractivity (Wildman–Crippen MR) is 83.9 cm³/mol. The van der Waals surface area contributed by atoms with Gasteiger partial charge in [0.25, 0.3) is 5.91 Å². The zero-order valence-corrected chi connectivity index (χ0v) is 13.4. The molecule has 0 radical (unpaired) electrons. The van der Waals surface area contributed by atoms with Crippen molar-refractivity contribution in [2.75, 3.05) is 19.8 Å². The minimum atomic E-state index is -4.60. The number of hydrogen-bond acceptors (Lipinski definition) is 4. The number of rotatable bonds is 7. The van der Waals surface area contributed by atoms with Gasteiger partial charge in [-0.3, -0.25) is 4.79 Å². The average molecular weight is 359 g/mol. The Kier molecular flexibility index (Phi) is 6.36. The van der Waals surface area contributed by atoms with Crippen molar-refractivity contribution < 1.29 is 27.8 Å². The van der Waals surface area contributed by atoms with Gasteiger partial charge in [-0.25, -0.2) is 0 Å². The van der Waals surface area contributed by atoms with E-state index in [2.05, 4.69) is 5.32 Å². The number of hydrogen-bond donors (Lipinski definition) is 2. The molecule has 0 saturated heterocycles. The number of aliphatic hydroxyl groups excluding tert-OH is 1. The van der Waals surface area contributed by atoms with E-state index < -0.39 is 29.3 Å². The van der Waals surface area contributed by atoms with Crippen molar-refractivity contribution in [2.24, 2.45) is 0 Å². The van der Waals surface area contributed by atoms with Crippen molar-refractivity contribution in [3.8, 4) is 0 Å². The summed E-state index contributed by atoms with van der Waals surface area (Å²) in [6.45, 7) is -0.115. The van der Waals surface area contributed by atoms with Crippen molar-refractivity contribution in [2.45, 2.75) is 12.3 Å². The third kappa shape index (κ3) is 4.80. The lowest BCUT2D eigenvalue weighted by molar-refractivity contribution is -0.137. The van der Waals surface area contributed by atoms with Gasteiger partial charge in [0.2, 0.25) is 0 Å². The van der Waals surface area contributed by atoms with E-state index in [0.717, 1.165) is 17.0 Å². The van der Waals surface area contributed by atoms with Crippen LogP contribution in [0.5, 0.6) is 0 Å². The zero-order valence-electron chi connectivity index (χ0n) is 12.5. The number of thiophene rings is 1. The molecule has 2 aromatic rings. The molecule has 0 spiro atoms. The molecule has 0 aliphatic carbocycles. The summed E-state index contributed by atoms with van der Waals surface area (Å²) in [7, 11) is 0. The van der Waals surface area contributed by atoms with Crippen LogP contribution in [0.2, 0.25) is 0 Å². The van der Waals surface area contributed by atoms with Gasteiger partial charge >= 0.3 is 6.18 Å². The lowest BCUT2D eigenvalue weighted by Gasteiger charge is -2.18. The molecule has 1 atom stereocenters. The highest BCUT2D eigenvalue weighted by molar-refractivity contribution is 7.10. The molecule has 1 aromatic heterocycles. The molecule has 1 unspecified atom stereocenters. The van der Waals surface area contributed by atoms with Crippen LogP contribution in [0.4, 0.5) is 13.2 Å². The molecule has 4 nitrogen and oxygen atoms in total. The van der Waals surface area contributed by atoms with Crippen LogP contribution in [0, 0.1) is 0 Å². The summed E-state index contributed by atoms with van der Waals surface area (Å²) in [5.74, 6) is -0.822. The van der Waals surface area contributed by atoms with Crippen LogP contribution in [0.15, 0.2) is 41.8 Å². The molecule has 130 valence electrons. The first-order chi connectivity index (χ1) is 11.4. The first-order valence-corrected chi connectivity index (χ1v) is 8.01. The zero-order chi connectivity index (χ0) is 17.6. The first-order valence-electron chi connectivity index (χ1n) is 7.13. The Morgan fingerprint density at radius 2 is 2.00 bits per heavy atom. The van der Waals surface area contributed by atoms with Gasteiger partial charge in [0.15, 0.2) is 0 Å². The van der Waals surface area contributed by atoms with Gasteiger partial charge in [0.05, 0.1) is 24.3 Å². The van der Waals surface area contributed by atoms with Gasteiger partial charge in [0.1, 0.15) is 6.10 Å². The summed E-state index contributed by atoms with van der Waals surface area (Å²) in [4.78, 5) is 13.0. The van der Waals surface area contributed by atoms with Crippen LogP contribution in [0.1, 0.15) is 26.9 Å². The second-order valence-corrected chi connectivity index (χ2v) is 5.83. The Bertz CT molecular complexity index is 659. The molecule has 0 fully saturated rings. The van der Waals surface area contributed by atoms with Gasteiger partial charge < -0.3 is 15.2 Å². The summed E-state index contributed by atoms with van der Waals surface area (Å²) in [6, 6.07) is 8.21. The van der Waals surface area contributed by atoms with Crippen LogP contribution in [-0.2, 0) is 10.9 Å². The second-order valence-electron chi connectivity index (χ2n) is 4.85. The van der Waals surface area contributed by atoms with Crippen LogP contribution >= 0.6 is 11.3 Å². The minimum absolute atomic E-state index is 0.00549. The summed E-state index contributed by atoms with van der Waals surface area (Å²) < 4.78 is 44.3. The monoisotopic (exact) mass is 359 g/mol. The van der Waals surface area contributed by atoms with Crippen LogP contribution in [0.3, 0.4) is 0 Å². The molecule has 1 heterocycles. The predicted octanol–water partition coefficient (Wildman–Crippen LogP) is 3.25. The molecule has 0 bridgehead atoms. The van der Waals surface area contributed by atoms with E-state index in [-0.39, 0.29) is 19.8 Å². The minimum Gasteiger partial charge on any atom is -0.394 e. The van der Waals surface area contributed by atoms with E-state index in [9.17, 15) is 18.0 Å². The Morgan fingerprint density at radius 1 is 1.25 bits per heavy atom. The quantitative estimate of drug-likeness (QED) is 0.798. The van der Waals surface area contributed by atoms with Gasteiger partial charge in [-0.15, -0.1) is 11.3 Å². The normalized spacial score (nSPS) is 12.8. The second kappa shape index (κ2) is 8.27. The summed E-state index contributed by atoms with van der Waals surface area (Å²) >= 11 is 1.40. The molecular formula is C16H16F3NO3S. The standard InChI is InChI=1S/C16H16F3NO3S/c17-16(18,19)12-5-2-1-4-11(12)15(22)20-10-13(23-8-7-21)14-6-3-9-24-14/h1-6,9,13,21H,7-8,10H2,(H,20,22). The van der Waals surface area contributed by atoms with E-state index in [0.29, 0.717) is 0 Å². The Hall–Kier alpha value is -1.90. The molecular weight excluding hydrogens is 343 g/mol.